The van der Waals surface area contributed by atoms with Crippen LogP contribution >= 0.6 is 15.9 Å². The van der Waals surface area contributed by atoms with Gasteiger partial charge in [-0.3, -0.25) is 4.79 Å². The first-order valence-electron chi connectivity index (χ1n) is 9.62. The van der Waals surface area contributed by atoms with E-state index in [4.69, 9.17) is 9.47 Å². The van der Waals surface area contributed by atoms with E-state index >= 15 is 0 Å². The summed E-state index contributed by atoms with van der Waals surface area (Å²) in [5, 5.41) is 3.30. The molecule has 0 saturated carbocycles. The van der Waals surface area contributed by atoms with Crippen molar-refractivity contribution in [1.29, 1.82) is 0 Å². The molecule has 29 heavy (non-hydrogen) atoms. The van der Waals surface area contributed by atoms with Crippen molar-refractivity contribution in [3.05, 3.63) is 58.1 Å². The molecule has 2 aliphatic heterocycles. The standard InChI is InChI=1S/C23H25BrN2O3/c1-22(2)17-14-16(24)6-7-18(17)26-12-10-21(27)25-23(22,26)11-9-15-5-8-19(28-3)20(13-15)29-4/h5-9,11,13-14H,10,12H2,1-4H3,(H,25,27)/t23-/m1/s1. The van der Waals surface area contributed by atoms with Gasteiger partial charge in [-0.1, -0.05) is 41.9 Å². The second-order valence-corrected chi connectivity index (χ2v) is 8.87. The number of nitrogens with one attached hydrogen (secondary N) is 1. The molecule has 4 rings (SSSR count). The summed E-state index contributed by atoms with van der Waals surface area (Å²) in [5.41, 5.74) is 2.39. The lowest BCUT2D eigenvalue weighted by Gasteiger charge is -2.49. The van der Waals surface area contributed by atoms with Crippen molar-refractivity contribution < 1.29 is 14.3 Å². The Labute approximate surface area is 179 Å². The third-order valence-corrected chi connectivity index (χ3v) is 6.61. The molecule has 1 saturated heterocycles. The number of nitrogens with zero attached hydrogens (tertiary/aromatic N) is 1. The average Bonchev–Trinajstić information content (AvgIpc) is 2.89. The zero-order valence-electron chi connectivity index (χ0n) is 17.1. The fourth-order valence-electron chi connectivity index (χ4n) is 4.50. The van der Waals surface area contributed by atoms with E-state index in [0.29, 0.717) is 24.5 Å². The highest BCUT2D eigenvalue weighted by atomic mass is 79.9. The molecule has 2 aliphatic rings. The van der Waals surface area contributed by atoms with E-state index < -0.39 is 5.66 Å². The van der Waals surface area contributed by atoms with Crippen molar-refractivity contribution in [2.75, 3.05) is 25.7 Å². The summed E-state index contributed by atoms with van der Waals surface area (Å²) >= 11 is 3.60. The molecule has 0 aromatic heterocycles. The predicted octanol–water partition coefficient (Wildman–Crippen LogP) is 4.49. The number of fused-ring (bicyclic) bond motifs is 3. The number of rotatable bonds is 4. The minimum atomic E-state index is -0.640. The van der Waals surface area contributed by atoms with E-state index in [9.17, 15) is 4.79 Å². The van der Waals surface area contributed by atoms with Gasteiger partial charge in [0.05, 0.1) is 14.2 Å². The van der Waals surface area contributed by atoms with Crippen LogP contribution in [0.2, 0.25) is 0 Å². The van der Waals surface area contributed by atoms with Gasteiger partial charge in [0.25, 0.3) is 0 Å². The first kappa shape index (κ1) is 19.8. The van der Waals surface area contributed by atoms with Crippen LogP contribution in [0.1, 0.15) is 31.4 Å². The fraction of sp³-hybridized carbons (Fsp3) is 0.348. The number of carbonyl (C=O) groups excluding carboxylic acids is 1. The van der Waals surface area contributed by atoms with Crippen LogP contribution in [-0.4, -0.2) is 32.3 Å². The van der Waals surface area contributed by atoms with Crippen LogP contribution in [0.15, 0.2) is 46.9 Å². The van der Waals surface area contributed by atoms with Crippen LogP contribution in [0, 0.1) is 0 Å². The summed E-state index contributed by atoms with van der Waals surface area (Å²) in [6.45, 7) is 5.05. The minimum absolute atomic E-state index is 0.0677. The van der Waals surface area contributed by atoms with Crippen molar-refractivity contribution >= 4 is 33.6 Å². The summed E-state index contributed by atoms with van der Waals surface area (Å²) in [4.78, 5) is 14.8. The average molecular weight is 457 g/mol. The van der Waals surface area contributed by atoms with Crippen molar-refractivity contribution in [1.82, 2.24) is 5.32 Å². The molecule has 1 amide bonds. The lowest BCUT2D eigenvalue weighted by molar-refractivity contribution is -0.124. The number of hydrogen-bond acceptors (Lipinski definition) is 4. The van der Waals surface area contributed by atoms with Gasteiger partial charge in [0, 0.05) is 28.5 Å². The number of hydrogen-bond donors (Lipinski definition) is 1. The smallest absolute Gasteiger partial charge is 0.223 e. The van der Waals surface area contributed by atoms with Gasteiger partial charge in [0.15, 0.2) is 11.5 Å². The third-order valence-electron chi connectivity index (χ3n) is 6.12. The number of amides is 1. The Bertz CT molecular complexity index is 1000. The summed E-state index contributed by atoms with van der Waals surface area (Å²) in [5.74, 6) is 1.43. The Balaban J connectivity index is 1.81. The van der Waals surface area contributed by atoms with E-state index in [1.54, 1.807) is 14.2 Å². The molecular weight excluding hydrogens is 432 g/mol. The van der Waals surface area contributed by atoms with Crippen LogP contribution < -0.4 is 19.7 Å². The number of halogens is 1. The van der Waals surface area contributed by atoms with Gasteiger partial charge in [-0.25, -0.2) is 0 Å². The maximum atomic E-state index is 12.5. The van der Waals surface area contributed by atoms with Gasteiger partial charge >= 0.3 is 0 Å². The Morgan fingerprint density at radius 1 is 1.10 bits per heavy atom. The van der Waals surface area contributed by atoms with E-state index in [0.717, 1.165) is 15.7 Å². The van der Waals surface area contributed by atoms with Gasteiger partial charge in [-0.05, 0) is 47.5 Å². The van der Waals surface area contributed by atoms with Gasteiger partial charge in [-0.15, -0.1) is 0 Å². The zero-order valence-corrected chi connectivity index (χ0v) is 18.7. The summed E-state index contributed by atoms with van der Waals surface area (Å²) in [7, 11) is 3.25. The van der Waals surface area contributed by atoms with Gasteiger partial charge in [0.2, 0.25) is 5.91 Å². The van der Waals surface area contributed by atoms with E-state index in [1.165, 1.54) is 5.56 Å². The molecule has 0 radical (unpaired) electrons. The van der Waals surface area contributed by atoms with Gasteiger partial charge in [-0.2, -0.15) is 0 Å². The number of methoxy groups -OCH3 is 2. The topological polar surface area (TPSA) is 50.8 Å². The Kier molecular flexibility index (Phi) is 4.85. The third kappa shape index (κ3) is 3.01. The number of ether oxygens (including phenoxy) is 2. The molecule has 1 N–H and O–H groups in total. The highest BCUT2D eigenvalue weighted by Crippen LogP contribution is 2.53. The number of anilines is 1. The maximum absolute atomic E-state index is 12.5. The van der Waals surface area contributed by atoms with Crippen molar-refractivity contribution in [2.45, 2.75) is 31.3 Å². The first-order chi connectivity index (χ1) is 13.8. The van der Waals surface area contributed by atoms with Crippen molar-refractivity contribution in [2.24, 2.45) is 0 Å². The molecule has 0 bridgehead atoms. The normalized spacial score (nSPS) is 22.2. The number of benzene rings is 2. The quantitative estimate of drug-likeness (QED) is 0.735. The monoisotopic (exact) mass is 456 g/mol. The molecule has 5 nitrogen and oxygen atoms in total. The van der Waals surface area contributed by atoms with Crippen molar-refractivity contribution in [3.63, 3.8) is 0 Å². The van der Waals surface area contributed by atoms with Crippen LogP contribution in [0.5, 0.6) is 11.5 Å². The van der Waals surface area contributed by atoms with Crippen LogP contribution in [0.25, 0.3) is 6.08 Å². The molecule has 1 atom stereocenters. The first-order valence-corrected chi connectivity index (χ1v) is 10.4. The van der Waals surface area contributed by atoms with E-state index in [1.807, 2.05) is 24.3 Å². The zero-order chi connectivity index (χ0) is 20.8. The molecule has 2 heterocycles. The Morgan fingerprint density at radius 2 is 1.86 bits per heavy atom. The summed E-state index contributed by atoms with van der Waals surface area (Å²) < 4.78 is 11.8. The summed E-state index contributed by atoms with van der Waals surface area (Å²) in [6, 6.07) is 12.1. The van der Waals surface area contributed by atoms with E-state index in [2.05, 4.69) is 64.3 Å². The molecule has 0 aliphatic carbocycles. The number of carbonyl (C=O) groups is 1. The summed E-state index contributed by atoms with van der Waals surface area (Å²) in [6.07, 6.45) is 4.64. The van der Waals surface area contributed by atoms with Gasteiger partial charge in [0.1, 0.15) is 5.66 Å². The predicted molar refractivity (Wildman–Crippen MR) is 119 cm³/mol. The Morgan fingerprint density at radius 3 is 2.59 bits per heavy atom. The Hall–Kier alpha value is -2.47. The highest BCUT2D eigenvalue weighted by Gasteiger charge is 2.57. The fourth-order valence-corrected chi connectivity index (χ4v) is 4.86. The lowest BCUT2D eigenvalue weighted by Crippen LogP contribution is -2.68. The highest BCUT2D eigenvalue weighted by molar-refractivity contribution is 9.10. The SMILES string of the molecule is COc1ccc(C=C[C@@]23NC(=O)CCN2c2ccc(Br)cc2C3(C)C)cc1OC. The molecule has 0 unspecified atom stereocenters. The van der Waals surface area contributed by atoms with Crippen molar-refractivity contribution in [3.8, 4) is 11.5 Å². The molecular formula is C23H25BrN2O3. The molecule has 1 fully saturated rings. The molecule has 2 aromatic rings. The van der Waals surface area contributed by atoms with Crippen LogP contribution in [0.3, 0.4) is 0 Å². The van der Waals surface area contributed by atoms with Crippen LogP contribution in [-0.2, 0) is 10.2 Å². The van der Waals surface area contributed by atoms with E-state index in [-0.39, 0.29) is 11.3 Å². The van der Waals surface area contributed by atoms with Crippen LogP contribution in [0.4, 0.5) is 5.69 Å². The largest absolute Gasteiger partial charge is 0.493 e. The maximum Gasteiger partial charge on any atom is 0.223 e. The lowest BCUT2D eigenvalue weighted by atomic mass is 9.74. The minimum Gasteiger partial charge on any atom is -0.493 e. The second kappa shape index (κ2) is 7.10. The van der Waals surface area contributed by atoms with Gasteiger partial charge < -0.3 is 19.7 Å². The molecule has 6 heteroatoms. The molecule has 0 spiro atoms. The molecule has 2 aromatic carbocycles. The molecule has 152 valence electrons. The second-order valence-electron chi connectivity index (χ2n) is 7.95.